The van der Waals surface area contributed by atoms with Crippen molar-refractivity contribution in [2.24, 2.45) is 0 Å². The quantitative estimate of drug-likeness (QED) is 0.677. The van der Waals surface area contributed by atoms with E-state index in [9.17, 15) is 4.79 Å². The molecule has 1 aliphatic heterocycles. The zero-order valence-electron chi connectivity index (χ0n) is 17.8. The molecule has 1 N–H and O–H groups in total. The molecule has 0 aliphatic carbocycles. The largest absolute Gasteiger partial charge is 0.497 e. The van der Waals surface area contributed by atoms with Crippen LogP contribution in [0.4, 0.5) is 11.4 Å². The summed E-state index contributed by atoms with van der Waals surface area (Å²) in [6.07, 6.45) is 0.867. The molecule has 3 aromatic rings. The van der Waals surface area contributed by atoms with Gasteiger partial charge in [-0.05, 0) is 61.9 Å². The molecule has 0 spiro atoms. The number of nitrogens with zero attached hydrogens (tertiary/aromatic N) is 4. The van der Waals surface area contributed by atoms with E-state index in [1.54, 1.807) is 7.11 Å². The Kier molecular flexibility index (Phi) is 5.79. The maximum Gasteiger partial charge on any atom is 0.343 e. The van der Waals surface area contributed by atoms with Crippen LogP contribution < -0.4 is 20.2 Å². The number of H-pyrrole nitrogens is 1. The van der Waals surface area contributed by atoms with Crippen molar-refractivity contribution >= 4 is 11.4 Å². The van der Waals surface area contributed by atoms with Gasteiger partial charge in [-0.25, -0.2) is 9.48 Å². The van der Waals surface area contributed by atoms with Gasteiger partial charge in [0.25, 0.3) is 0 Å². The summed E-state index contributed by atoms with van der Waals surface area (Å²) in [7, 11) is 1.69. The first-order valence-electron chi connectivity index (χ1n) is 10.5. The van der Waals surface area contributed by atoms with Gasteiger partial charge in [0, 0.05) is 43.1 Å². The Bertz CT molecular complexity index is 1010. The van der Waals surface area contributed by atoms with Crippen LogP contribution in [-0.4, -0.2) is 48.1 Å². The Morgan fingerprint density at radius 2 is 1.50 bits per heavy atom. The average Bonchev–Trinajstić information content (AvgIpc) is 3.20. The first kappa shape index (κ1) is 20.1. The molecule has 0 radical (unpaired) electrons. The zero-order chi connectivity index (χ0) is 21.1. The van der Waals surface area contributed by atoms with Crippen LogP contribution in [0, 0.1) is 0 Å². The summed E-state index contributed by atoms with van der Waals surface area (Å²) >= 11 is 0. The lowest BCUT2D eigenvalue weighted by atomic mass is 10.1. The number of hydrogen-bond donors (Lipinski definition) is 1. The van der Waals surface area contributed by atoms with Gasteiger partial charge in [-0.15, -0.1) is 5.10 Å². The van der Waals surface area contributed by atoms with Crippen molar-refractivity contribution < 1.29 is 4.74 Å². The van der Waals surface area contributed by atoms with Crippen LogP contribution in [-0.2, 0) is 0 Å². The topological polar surface area (TPSA) is 66.4 Å². The highest BCUT2D eigenvalue weighted by atomic mass is 16.5. The van der Waals surface area contributed by atoms with Crippen molar-refractivity contribution in [3.05, 3.63) is 59.0 Å². The summed E-state index contributed by atoms with van der Waals surface area (Å²) in [4.78, 5) is 19.8. The molecule has 0 saturated carbocycles. The van der Waals surface area contributed by atoms with E-state index < -0.39 is 0 Å². The van der Waals surface area contributed by atoms with Gasteiger partial charge in [0.2, 0.25) is 0 Å². The lowest BCUT2D eigenvalue weighted by molar-refractivity contribution is 0.415. The van der Waals surface area contributed by atoms with E-state index in [1.807, 2.05) is 31.2 Å². The van der Waals surface area contributed by atoms with Gasteiger partial charge in [-0.1, -0.05) is 6.92 Å². The highest BCUT2D eigenvalue weighted by Crippen LogP contribution is 2.24. The Labute approximate surface area is 176 Å². The van der Waals surface area contributed by atoms with Crippen LogP contribution in [0.2, 0.25) is 0 Å². The molecule has 1 fully saturated rings. The molecule has 4 rings (SSSR count). The van der Waals surface area contributed by atoms with Gasteiger partial charge in [-0.3, -0.25) is 4.98 Å². The lowest BCUT2D eigenvalue weighted by Gasteiger charge is -2.37. The number of methoxy groups -OCH3 is 1. The van der Waals surface area contributed by atoms with Crippen molar-refractivity contribution in [1.82, 2.24) is 14.8 Å². The molecule has 0 unspecified atom stereocenters. The highest BCUT2D eigenvalue weighted by molar-refractivity contribution is 5.61. The molecule has 7 heteroatoms. The number of ether oxygens (including phenoxy) is 1. The maximum absolute atomic E-state index is 12.1. The fraction of sp³-hybridized carbons (Fsp3) is 0.391. The van der Waals surface area contributed by atoms with Crippen LogP contribution in [0.1, 0.15) is 26.3 Å². The fourth-order valence-corrected chi connectivity index (χ4v) is 3.78. The average molecular weight is 408 g/mol. The molecule has 7 nitrogen and oxygen atoms in total. The van der Waals surface area contributed by atoms with Crippen LogP contribution in [0.15, 0.2) is 53.3 Å². The van der Waals surface area contributed by atoms with E-state index in [-0.39, 0.29) is 11.7 Å². The highest BCUT2D eigenvalue weighted by Gasteiger charge is 2.18. The van der Waals surface area contributed by atoms with Gasteiger partial charge in [-0.2, -0.15) is 0 Å². The van der Waals surface area contributed by atoms with Crippen molar-refractivity contribution in [1.29, 1.82) is 0 Å². The Balaban J connectivity index is 1.41. The predicted molar refractivity (Wildman–Crippen MR) is 121 cm³/mol. The second kappa shape index (κ2) is 8.65. The van der Waals surface area contributed by atoms with Crippen LogP contribution >= 0.6 is 0 Å². The molecule has 2 aromatic carbocycles. The summed E-state index contributed by atoms with van der Waals surface area (Å²) in [6.45, 7) is 7.92. The van der Waals surface area contributed by atoms with Crippen molar-refractivity contribution in [2.45, 2.75) is 26.3 Å². The number of nitrogens with one attached hydrogen (secondary N) is 1. The molecule has 2 heterocycles. The number of piperazine rings is 1. The van der Waals surface area contributed by atoms with E-state index >= 15 is 0 Å². The van der Waals surface area contributed by atoms with Crippen LogP contribution in [0.5, 0.6) is 5.75 Å². The minimum absolute atomic E-state index is 0.0868. The summed E-state index contributed by atoms with van der Waals surface area (Å²) in [6, 6.07) is 16.6. The minimum atomic E-state index is -0.155. The van der Waals surface area contributed by atoms with Crippen molar-refractivity contribution in [3.8, 4) is 17.1 Å². The molecule has 0 bridgehead atoms. The molecular formula is C23H29N5O2. The number of anilines is 2. The van der Waals surface area contributed by atoms with Gasteiger partial charge >= 0.3 is 5.69 Å². The van der Waals surface area contributed by atoms with Crippen LogP contribution in [0.25, 0.3) is 11.4 Å². The normalized spacial score (nSPS) is 15.3. The maximum atomic E-state index is 12.1. The van der Waals surface area contributed by atoms with Crippen molar-refractivity contribution in [3.63, 3.8) is 0 Å². The standard InChI is InChI=1S/C23H29N5O2/c1-4-17(2)28-23(29)24-22(25-28)18-5-7-19(8-6-18)26-13-15-27(16-14-26)20-9-11-21(30-3)12-10-20/h5-12,17H,4,13-16H2,1-3H3,(H,24,25,29)/t17-/m0/s1. The Morgan fingerprint density at radius 3 is 2.00 bits per heavy atom. The monoisotopic (exact) mass is 407 g/mol. The van der Waals surface area contributed by atoms with Crippen molar-refractivity contribution in [2.75, 3.05) is 43.1 Å². The molecule has 0 amide bonds. The third-order valence-corrected chi connectivity index (χ3v) is 5.87. The van der Waals surface area contributed by atoms with Gasteiger partial charge in [0.1, 0.15) is 5.75 Å². The number of aromatic nitrogens is 3. The first-order chi connectivity index (χ1) is 14.6. The minimum Gasteiger partial charge on any atom is -0.497 e. The summed E-state index contributed by atoms with van der Waals surface area (Å²) < 4.78 is 6.78. The first-order valence-corrected chi connectivity index (χ1v) is 10.5. The van der Waals surface area contributed by atoms with Gasteiger partial charge in [0.05, 0.1) is 13.2 Å². The Morgan fingerprint density at radius 1 is 0.967 bits per heavy atom. The van der Waals surface area contributed by atoms with E-state index in [0.717, 1.165) is 43.9 Å². The van der Waals surface area contributed by atoms with E-state index in [4.69, 9.17) is 4.74 Å². The fourth-order valence-electron chi connectivity index (χ4n) is 3.78. The molecule has 1 atom stereocenters. The van der Waals surface area contributed by atoms with E-state index in [0.29, 0.717) is 5.82 Å². The molecule has 158 valence electrons. The lowest BCUT2D eigenvalue weighted by Crippen LogP contribution is -2.46. The third-order valence-electron chi connectivity index (χ3n) is 5.87. The second-order valence-electron chi connectivity index (χ2n) is 7.70. The second-order valence-corrected chi connectivity index (χ2v) is 7.70. The number of rotatable bonds is 6. The molecule has 1 saturated heterocycles. The Hall–Kier alpha value is -3.22. The molecule has 1 aromatic heterocycles. The predicted octanol–water partition coefficient (Wildman–Crippen LogP) is 3.54. The molecule has 1 aliphatic rings. The van der Waals surface area contributed by atoms with E-state index in [2.05, 4.69) is 51.1 Å². The molecule has 30 heavy (non-hydrogen) atoms. The molecular weight excluding hydrogens is 378 g/mol. The van der Waals surface area contributed by atoms with E-state index in [1.165, 1.54) is 16.1 Å². The van der Waals surface area contributed by atoms with Gasteiger partial charge < -0.3 is 14.5 Å². The summed E-state index contributed by atoms with van der Waals surface area (Å²) in [5.41, 5.74) is 3.19. The number of benzene rings is 2. The third kappa shape index (κ3) is 4.06. The number of hydrogen-bond acceptors (Lipinski definition) is 5. The van der Waals surface area contributed by atoms with Gasteiger partial charge in [0.15, 0.2) is 5.82 Å². The zero-order valence-corrected chi connectivity index (χ0v) is 17.8. The smallest absolute Gasteiger partial charge is 0.343 e. The summed E-state index contributed by atoms with van der Waals surface area (Å²) in [5.74, 6) is 1.50. The number of aromatic amines is 1. The summed E-state index contributed by atoms with van der Waals surface area (Å²) in [5, 5.41) is 4.47. The van der Waals surface area contributed by atoms with Crippen LogP contribution in [0.3, 0.4) is 0 Å². The SMILES string of the molecule is CC[C@H](C)n1nc(-c2ccc(N3CCN(c4ccc(OC)cc4)CC3)cc2)[nH]c1=O.